The van der Waals surface area contributed by atoms with E-state index in [9.17, 15) is 14.4 Å². The molecule has 0 bridgehead atoms. The summed E-state index contributed by atoms with van der Waals surface area (Å²) < 4.78 is 5.18. The number of methoxy groups -OCH3 is 1. The Balaban J connectivity index is 2.12. The molecule has 7 heteroatoms. The molecule has 0 saturated carbocycles. The molecule has 7 nitrogen and oxygen atoms in total. The smallest absolute Gasteiger partial charge is 0.259 e. The van der Waals surface area contributed by atoms with Gasteiger partial charge in [-0.25, -0.2) is 4.98 Å². The molecule has 1 atom stereocenters. The lowest BCUT2D eigenvalue weighted by Crippen LogP contribution is -2.53. The minimum absolute atomic E-state index is 0.180. The molecule has 0 aromatic carbocycles. The Kier molecular flexibility index (Phi) is 3.48. The molecule has 1 saturated heterocycles. The van der Waals surface area contributed by atoms with E-state index in [2.05, 4.69) is 23.5 Å². The van der Waals surface area contributed by atoms with Crippen molar-refractivity contribution in [2.24, 2.45) is 0 Å². The lowest BCUT2D eigenvalue weighted by atomic mass is 10.0. The van der Waals surface area contributed by atoms with Gasteiger partial charge in [0.25, 0.3) is 5.91 Å². The van der Waals surface area contributed by atoms with Crippen LogP contribution in [-0.4, -0.2) is 35.9 Å². The van der Waals surface area contributed by atoms with Gasteiger partial charge in [0.1, 0.15) is 6.04 Å². The van der Waals surface area contributed by atoms with Crippen molar-refractivity contribution in [1.82, 2.24) is 10.3 Å². The Morgan fingerprint density at radius 2 is 2.17 bits per heavy atom. The molecule has 118 valence electrons. The summed E-state index contributed by atoms with van der Waals surface area (Å²) in [6.45, 7) is 7.55. The predicted molar refractivity (Wildman–Crippen MR) is 83.6 cm³/mol. The summed E-state index contributed by atoms with van der Waals surface area (Å²) in [6.07, 6.45) is 3.45. The Morgan fingerprint density at radius 3 is 2.78 bits per heavy atom. The maximum atomic E-state index is 12.6. The average molecular weight is 313 g/mol. The summed E-state index contributed by atoms with van der Waals surface area (Å²) in [6, 6.07) is -0.758. The first-order chi connectivity index (χ1) is 11.0. The number of hydrogen-bond acceptors (Lipinski definition) is 5. The summed E-state index contributed by atoms with van der Waals surface area (Å²) in [5.74, 6) is -0.881. The molecule has 3 amide bonds. The van der Waals surface area contributed by atoms with Crippen LogP contribution in [0, 0.1) is 0 Å². The molecular formula is C16H15N3O4. The van der Waals surface area contributed by atoms with Crippen LogP contribution in [0.15, 0.2) is 19.4 Å². The van der Waals surface area contributed by atoms with E-state index >= 15 is 0 Å². The summed E-state index contributed by atoms with van der Waals surface area (Å²) in [7, 11) is 1.47. The van der Waals surface area contributed by atoms with E-state index in [1.54, 1.807) is 0 Å². The van der Waals surface area contributed by atoms with Gasteiger partial charge in [-0.05, 0) is 6.42 Å². The van der Waals surface area contributed by atoms with Crippen LogP contribution in [0.25, 0.3) is 11.6 Å². The minimum atomic E-state index is -0.758. The predicted octanol–water partition coefficient (Wildman–Crippen LogP) is 0.898. The number of piperidine rings is 1. The molecule has 2 aliphatic heterocycles. The third kappa shape index (κ3) is 2.12. The van der Waals surface area contributed by atoms with Crippen LogP contribution < -0.4 is 15.0 Å². The molecule has 1 aromatic heterocycles. The molecule has 1 fully saturated rings. The maximum absolute atomic E-state index is 12.6. The van der Waals surface area contributed by atoms with Gasteiger partial charge in [0.2, 0.25) is 17.7 Å². The number of ether oxygens (including phenoxy) is 1. The fourth-order valence-corrected chi connectivity index (χ4v) is 2.95. The molecule has 3 rings (SSSR count). The van der Waals surface area contributed by atoms with Crippen LogP contribution in [-0.2, 0) is 14.4 Å². The normalized spacial score (nSPS) is 20.4. The third-order valence-corrected chi connectivity index (χ3v) is 4.02. The van der Waals surface area contributed by atoms with Crippen LogP contribution in [0.2, 0.25) is 0 Å². The molecule has 3 heterocycles. The van der Waals surface area contributed by atoms with Crippen molar-refractivity contribution in [1.29, 1.82) is 0 Å². The van der Waals surface area contributed by atoms with Crippen molar-refractivity contribution in [2.75, 3.05) is 12.0 Å². The second kappa shape index (κ2) is 5.35. The van der Waals surface area contributed by atoms with Crippen LogP contribution in [0.1, 0.15) is 24.0 Å². The van der Waals surface area contributed by atoms with Gasteiger partial charge in [-0.2, -0.15) is 0 Å². The average Bonchev–Trinajstić information content (AvgIpc) is 2.79. The molecule has 0 spiro atoms. The van der Waals surface area contributed by atoms with E-state index in [4.69, 9.17) is 4.74 Å². The highest BCUT2D eigenvalue weighted by molar-refractivity contribution is 6.34. The zero-order valence-electron chi connectivity index (χ0n) is 12.6. The van der Waals surface area contributed by atoms with Gasteiger partial charge in [0.05, 0.1) is 19.0 Å². The molecule has 0 aliphatic carbocycles. The number of anilines is 1. The number of nitrogens with zero attached hydrogens (tertiary/aromatic N) is 2. The van der Waals surface area contributed by atoms with Crippen molar-refractivity contribution < 1.29 is 19.1 Å². The number of carbonyl (C=O) groups is 3. The monoisotopic (exact) mass is 313 g/mol. The molecule has 2 aliphatic rings. The summed E-state index contributed by atoms with van der Waals surface area (Å²) >= 11 is 0. The van der Waals surface area contributed by atoms with Gasteiger partial charge >= 0.3 is 0 Å². The van der Waals surface area contributed by atoms with Gasteiger partial charge in [-0.15, -0.1) is 0 Å². The van der Waals surface area contributed by atoms with Crippen molar-refractivity contribution in [3.05, 3.63) is 30.5 Å². The summed E-state index contributed by atoms with van der Waals surface area (Å²) in [4.78, 5) is 41.6. The Labute approximate surface area is 132 Å². The lowest BCUT2D eigenvalue weighted by Gasteiger charge is -2.29. The summed E-state index contributed by atoms with van der Waals surface area (Å²) in [5.41, 5.74) is 1.84. The zero-order chi connectivity index (χ0) is 16.7. The Bertz CT molecular complexity index is 769. The largest absolute Gasteiger partial charge is 0.481 e. The second-order valence-corrected chi connectivity index (χ2v) is 5.27. The van der Waals surface area contributed by atoms with Crippen molar-refractivity contribution in [2.45, 2.75) is 18.9 Å². The van der Waals surface area contributed by atoms with E-state index in [-0.39, 0.29) is 30.2 Å². The lowest BCUT2D eigenvalue weighted by molar-refractivity contribution is -0.135. The number of rotatable bonds is 3. The second-order valence-electron chi connectivity index (χ2n) is 5.27. The van der Waals surface area contributed by atoms with Crippen molar-refractivity contribution in [3.63, 3.8) is 0 Å². The number of imide groups is 1. The highest BCUT2D eigenvalue weighted by Crippen LogP contribution is 2.42. The SMILES string of the molecule is C=Cc1c(OC)ncc2c1C(=C)C(=O)N2C1CCC(=O)NC1=O. The van der Waals surface area contributed by atoms with Crippen LogP contribution in [0.5, 0.6) is 5.88 Å². The van der Waals surface area contributed by atoms with E-state index in [0.29, 0.717) is 22.7 Å². The number of amides is 3. The quantitative estimate of drug-likeness (QED) is 0.661. The number of hydrogen-bond donors (Lipinski definition) is 1. The van der Waals surface area contributed by atoms with E-state index in [1.807, 2.05) is 0 Å². The van der Waals surface area contributed by atoms with E-state index in [0.717, 1.165) is 0 Å². The zero-order valence-corrected chi connectivity index (χ0v) is 12.6. The highest BCUT2D eigenvalue weighted by atomic mass is 16.5. The molecule has 1 unspecified atom stereocenters. The van der Waals surface area contributed by atoms with Gasteiger partial charge in [-0.1, -0.05) is 19.2 Å². The van der Waals surface area contributed by atoms with Crippen molar-refractivity contribution >= 4 is 35.1 Å². The molecule has 23 heavy (non-hydrogen) atoms. The Hall–Kier alpha value is -2.96. The first-order valence-corrected chi connectivity index (χ1v) is 7.05. The highest BCUT2D eigenvalue weighted by Gasteiger charge is 2.43. The fraction of sp³-hybridized carbons (Fsp3) is 0.250. The number of aromatic nitrogens is 1. The fourth-order valence-electron chi connectivity index (χ4n) is 2.95. The maximum Gasteiger partial charge on any atom is 0.259 e. The van der Waals surface area contributed by atoms with Crippen LogP contribution in [0.3, 0.4) is 0 Å². The summed E-state index contributed by atoms with van der Waals surface area (Å²) in [5, 5.41) is 2.26. The van der Waals surface area contributed by atoms with Crippen molar-refractivity contribution in [3.8, 4) is 5.88 Å². The van der Waals surface area contributed by atoms with Gasteiger partial charge in [0.15, 0.2) is 0 Å². The van der Waals surface area contributed by atoms with E-state index < -0.39 is 11.9 Å². The number of nitrogens with one attached hydrogen (secondary N) is 1. The van der Waals surface area contributed by atoms with E-state index in [1.165, 1.54) is 24.3 Å². The molecule has 1 aromatic rings. The number of fused-ring (bicyclic) bond motifs is 1. The molecular weight excluding hydrogens is 298 g/mol. The molecule has 1 N–H and O–H groups in total. The number of carbonyl (C=O) groups excluding carboxylic acids is 3. The minimum Gasteiger partial charge on any atom is -0.481 e. The molecule has 0 radical (unpaired) electrons. The van der Waals surface area contributed by atoms with Gasteiger partial charge < -0.3 is 4.74 Å². The third-order valence-electron chi connectivity index (χ3n) is 4.02. The van der Waals surface area contributed by atoms with Crippen LogP contribution >= 0.6 is 0 Å². The first-order valence-electron chi connectivity index (χ1n) is 7.05. The van der Waals surface area contributed by atoms with Gasteiger partial charge in [-0.3, -0.25) is 24.6 Å². The standard InChI is InChI=1S/C16H15N3O4/c1-4-9-13-8(2)16(22)19(11(13)7-17-15(9)23-3)10-5-6-12(20)18-14(10)21/h4,7,10H,1-2,5-6H2,3H3,(H,18,20,21). The van der Waals surface area contributed by atoms with Gasteiger partial charge in [0, 0.05) is 23.1 Å². The first kappa shape index (κ1) is 15.0. The topological polar surface area (TPSA) is 88.6 Å². The Morgan fingerprint density at radius 1 is 1.43 bits per heavy atom. The van der Waals surface area contributed by atoms with Crippen LogP contribution in [0.4, 0.5) is 5.69 Å². The number of pyridine rings is 1.